The molecule has 2 rings (SSSR count). The van der Waals surface area contributed by atoms with Gasteiger partial charge >= 0.3 is 0 Å². The standard InChI is InChI=1S/C13H23N3/c1-11(2)16-7-4-5-12(10-16)9-13-14-6-8-15(13)3/h6,8,11-12H,4-5,7,9-10H2,1-3H3. The molecule has 1 unspecified atom stereocenters. The molecular weight excluding hydrogens is 198 g/mol. The predicted molar refractivity (Wildman–Crippen MR) is 66.3 cm³/mol. The van der Waals surface area contributed by atoms with Gasteiger partial charge in [0.15, 0.2) is 0 Å². The maximum absolute atomic E-state index is 4.42. The Hall–Kier alpha value is -0.830. The highest BCUT2D eigenvalue weighted by Gasteiger charge is 2.22. The molecular formula is C13H23N3. The van der Waals surface area contributed by atoms with Crippen molar-refractivity contribution in [1.82, 2.24) is 14.5 Å². The van der Waals surface area contributed by atoms with Gasteiger partial charge in [0.05, 0.1) is 0 Å². The minimum atomic E-state index is 0.684. The molecule has 1 saturated heterocycles. The molecule has 16 heavy (non-hydrogen) atoms. The quantitative estimate of drug-likeness (QED) is 0.779. The molecule has 1 aromatic heterocycles. The SMILES string of the molecule is CC(C)N1CCCC(Cc2nccn2C)C1. The Labute approximate surface area is 98.5 Å². The highest BCUT2D eigenvalue weighted by molar-refractivity contribution is 4.94. The second-order valence-electron chi connectivity index (χ2n) is 5.26. The topological polar surface area (TPSA) is 21.1 Å². The average Bonchev–Trinajstić information content (AvgIpc) is 2.65. The van der Waals surface area contributed by atoms with E-state index < -0.39 is 0 Å². The monoisotopic (exact) mass is 221 g/mol. The summed E-state index contributed by atoms with van der Waals surface area (Å²) in [4.78, 5) is 7.02. The molecule has 0 saturated carbocycles. The minimum absolute atomic E-state index is 0.684. The van der Waals surface area contributed by atoms with Gasteiger partial charge in [-0.15, -0.1) is 0 Å². The zero-order valence-corrected chi connectivity index (χ0v) is 10.7. The van der Waals surface area contributed by atoms with Crippen LogP contribution in [0.15, 0.2) is 12.4 Å². The fraction of sp³-hybridized carbons (Fsp3) is 0.769. The molecule has 1 aliphatic rings. The summed E-state index contributed by atoms with van der Waals surface area (Å²) in [6.07, 6.45) is 7.77. The third-order valence-electron chi connectivity index (χ3n) is 3.67. The summed E-state index contributed by atoms with van der Waals surface area (Å²) in [6, 6.07) is 0.684. The summed E-state index contributed by atoms with van der Waals surface area (Å²) in [7, 11) is 2.09. The zero-order chi connectivity index (χ0) is 11.5. The molecule has 0 N–H and O–H groups in total. The van der Waals surface area contributed by atoms with Crippen molar-refractivity contribution in [2.45, 2.75) is 39.2 Å². The minimum Gasteiger partial charge on any atom is -0.338 e. The maximum atomic E-state index is 4.42. The summed E-state index contributed by atoms with van der Waals surface area (Å²) < 4.78 is 2.15. The normalized spacial score (nSPS) is 22.9. The Balaban J connectivity index is 1.93. The molecule has 0 spiro atoms. The summed E-state index contributed by atoms with van der Waals surface area (Å²) in [5.41, 5.74) is 0. The Morgan fingerprint density at radius 3 is 2.94 bits per heavy atom. The number of nitrogens with zero attached hydrogens (tertiary/aromatic N) is 3. The van der Waals surface area contributed by atoms with Crippen LogP contribution < -0.4 is 0 Å². The highest BCUT2D eigenvalue weighted by Crippen LogP contribution is 2.21. The van der Waals surface area contributed by atoms with E-state index in [0.29, 0.717) is 6.04 Å². The van der Waals surface area contributed by atoms with Gasteiger partial charge in [0.2, 0.25) is 0 Å². The summed E-state index contributed by atoms with van der Waals surface area (Å²) in [6.45, 7) is 7.10. The molecule has 0 aromatic carbocycles. The Morgan fingerprint density at radius 2 is 2.31 bits per heavy atom. The van der Waals surface area contributed by atoms with E-state index in [4.69, 9.17) is 0 Å². The van der Waals surface area contributed by atoms with Gasteiger partial charge in [-0.05, 0) is 39.2 Å². The third kappa shape index (κ3) is 2.64. The van der Waals surface area contributed by atoms with E-state index in [-0.39, 0.29) is 0 Å². The van der Waals surface area contributed by atoms with E-state index in [2.05, 4.69) is 35.3 Å². The first-order valence-electron chi connectivity index (χ1n) is 6.37. The summed E-state index contributed by atoms with van der Waals surface area (Å²) in [5.74, 6) is 2.02. The van der Waals surface area contributed by atoms with Crippen molar-refractivity contribution in [3.05, 3.63) is 18.2 Å². The van der Waals surface area contributed by atoms with Crippen LogP contribution in [0.3, 0.4) is 0 Å². The lowest BCUT2D eigenvalue weighted by molar-refractivity contribution is 0.138. The number of aromatic nitrogens is 2. The molecule has 0 bridgehead atoms. The molecule has 2 heterocycles. The van der Waals surface area contributed by atoms with E-state index in [1.165, 1.54) is 31.8 Å². The van der Waals surface area contributed by atoms with E-state index in [1.807, 2.05) is 12.4 Å². The van der Waals surface area contributed by atoms with Crippen LogP contribution in [0.4, 0.5) is 0 Å². The van der Waals surface area contributed by atoms with Gasteiger partial charge in [-0.3, -0.25) is 0 Å². The number of hydrogen-bond acceptors (Lipinski definition) is 2. The number of rotatable bonds is 3. The van der Waals surface area contributed by atoms with Crippen LogP contribution in [0.2, 0.25) is 0 Å². The number of imidazole rings is 1. The van der Waals surface area contributed by atoms with Gasteiger partial charge in [0, 0.05) is 38.4 Å². The van der Waals surface area contributed by atoms with E-state index in [1.54, 1.807) is 0 Å². The lowest BCUT2D eigenvalue weighted by Crippen LogP contribution is -2.40. The molecule has 1 atom stereocenters. The first-order valence-corrected chi connectivity index (χ1v) is 6.37. The fourth-order valence-corrected chi connectivity index (χ4v) is 2.58. The van der Waals surface area contributed by atoms with Crippen LogP contribution in [-0.2, 0) is 13.5 Å². The number of hydrogen-bond donors (Lipinski definition) is 0. The summed E-state index contributed by atoms with van der Waals surface area (Å²) >= 11 is 0. The molecule has 1 fully saturated rings. The molecule has 0 radical (unpaired) electrons. The van der Waals surface area contributed by atoms with Crippen LogP contribution in [0.25, 0.3) is 0 Å². The van der Waals surface area contributed by atoms with Crippen molar-refractivity contribution < 1.29 is 0 Å². The van der Waals surface area contributed by atoms with Crippen LogP contribution in [0.1, 0.15) is 32.5 Å². The molecule has 3 heteroatoms. The van der Waals surface area contributed by atoms with Gasteiger partial charge in [0.25, 0.3) is 0 Å². The molecule has 3 nitrogen and oxygen atoms in total. The first kappa shape index (κ1) is 11.6. The maximum Gasteiger partial charge on any atom is 0.108 e. The Morgan fingerprint density at radius 1 is 1.50 bits per heavy atom. The highest BCUT2D eigenvalue weighted by atomic mass is 15.2. The van der Waals surface area contributed by atoms with Gasteiger partial charge in [-0.1, -0.05) is 0 Å². The molecule has 1 aliphatic heterocycles. The van der Waals surface area contributed by atoms with Crippen LogP contribution in [0.5, 0.6) is 0 Å². The molecule has 0 amide bonds. The van der Waals surface area contributed by atoms with E-state index >= 15 is 0 Å². The second kappa shape index (κ2) is 5.00. The van der Waals surface area contributed by atoms with Crippen molar-refractivity contribution in [3.8, 4) is 0 Å². The van der Waals surface area contributed by atoms with Crippen molar-refractivity contribution in [1.29, 1.82) is 0 Å². The molecule has 0 aliphatic carbocycles. The first-order chi connectivity index (χ1) is 7.66. The van der Waals surface area contributed by atoms with Crippen molar-refractivity contribution in [2.75, 3.05) is 13.1 Å². The average molecular weight is 221 g/mol. The Kier molecular flexibility index (Phi) is 3.64. The molecule has 90 valence electrons. The van der Waals surface area contributed by atoms with Crippen LogP contribution in [0, 0.1) is 5.92 Å². The predicted octanol–water partition coefficient (Wildman–Crippen LogP) is 2.08. The lowest BCUT2D eigenvalue weighted by Gasteiger charge is -2.35. The van der Waals surface area contributed by atoms with E-state index in [0.717, 1.165) is 12.3 Å². The Bertz CT molecular complexity index is 330. The second-order valence-corrected chi connectivity index (χ2v) is 5.26. The fourth-order valence-electron chi connectivity index (χ4n) is 2.58. The third-order valence-corrected chi connectivity index (χ3v) is 3.67. The van der Waals surface area contributed by atoms with Gasteiger partial charge in [-0.25, -0.2) is 4.98 Å². The van der Waals surface area contributed by atoms with Crippen molar-refractivity contribution >= 4 is 0 Å². The van der Waals surface area contributed by atoms with Gasteiger partial charge in [-0.2, -0.15) is 0 Å². The number of aryl methyl sites for hydroxylation is 1. The van der Waals surface area contributed by atoms with Crippen molar-refractivity contribution in [2.24, 2.45) is 13.0 Å². The van der Waals surface area contributed by atoms with Gasteiger partial charge < -0.3 is 9.47 Å². The molecule has 1 aromatic rings. The summed E-state index contributed by atoms with van der Waals surface area (Å²) in [5, 5.41) is 0. The smallest absolute Gasteiger partial charge is 0.108 e. The number of likely N-dealkylation sites (tertiary alicyclic amines) is 1. The van der Waals surface area contributed by atoms with E-state index in [9.17, 15) is 0 Å². The van der Waals surface area contributed by atoms with Crippen molar-refractivity contribution in [3.63, 3.8) is 0 Å². The number of piperidine rings is 1. The van der Waals surface area contributed by atoms with Crippen LogP contribution in [-0.4, -0.2) is 33.6 Å². The largest absolute Gasteiger partial charge is 0.338 e. The lowest BCUT2D eigenvalue weighted by atomic mass is 9.93. The van der Waals surface area contributed by atoms with Crippen LogP contribution >= 0.6 is 0 Å². The zero-order valence-electron chi connectivity index (χ0n) is 10.7. The van der Waals surface area contributed by atoms with Gasteiger partial charge in [0.1, 0.15) is 5.82 Å².